The first-order chi connectivity index (χ1) is 7.77. The molecule has 1 saturated carbocycles. The van der Waals surface area contributed by atoms with Crippen molar-refractivity contribution in [2.24, 2.45) is 5.41 Å². The first-order valence-electron chi connectivity index (χ1n) is 5.31. The van der Waals surface area contributed by atoms with Gasteiger partial charge in [0.25, 0.3) is 0 Å². The summed E-state index contributed by atoms with van der Waals surface area (Å²) in [5.41, 5.74) is -0.819. The van der Waals surface area contributed by atoms with Crippen LogP contribution < -0.4 is 5.32 Å². The topological polar surface area (TPSA) is 94.5 Å². The first-order valence-corrected chi connectivity index (χ1v) is 5.31. The van der Waals surface area contributed by atoms with Crippen molar-refractivity contribution in [1.82, 2.24) is 20.5 Å². The molecule has 1 fully saturated rings. The fourth-order valence-electron chi connectivity index (χ4n) is 2.02. The number of carbonyl (C=O) groups is 1. The molecule has 1 heterocycles. The highest BCUT2D eigenvalue weighted by Crippen LogP contribution is 2.37. The van der Waals surface area contributed by atoms with Gasteiger partial charge in [0.05, 0.1) is 12.6 Å². The number of hydrogen-bond acceptors (Lipinski definition) is 4. The molecule has 6 nitrogen and oxygen atoms in total. The van der Waals surface area contributed by atoms with E-state index < -0.39 is 5.41 Å². The standard InChI is InChI=1S/C10H13N5O/c11-6-10(3-1-2-4-10)9(16)12-5-8-13-7-14-15-8/h7H,1-5H2,(H,12,16)(H,13,14,15). The predicted molar refractivity (Wildman–Crippen MR) is 54.7 cm³/mol. The molecule has 1 aliphatic carbocycles. The molecule has 16 heavy (non-hydrogen) atoms. The molecule has 0 bridgehead atoms. The van der Waals surface area contributed by atoms with Crippen LogP contribution in [-0.2, 0) is 11.3 Å². The molecule has 1 aliphatic rings. The molecule has 0 aliphatic heterocycles. The highest BCUT2D eigenvalue weighted by atomic mass is 16.2. The van der Waals surface area contributed by atoms with Crippen LogP contribution in [0.1, 0.15) is 31.5 Å². The highest BCUT2D eigenvalue weighted by Gasteiger charge is 2.41. The summed E-state index contributed by atoms with van der Waals surface area (Å²) in [6, 6.07) is 2.15. The lowest BCUT2D eigenvalue weighted by Crippen LogP contribution is -2.38. The maximum Gasteiger partial charge on any atom is 0.240 e. The summed E-state index contributed by atoms with van der Waals surface area (Å²) < 4.78 is 0. The van der Waals surface area contributed by atoms with E-state index >= 15 is 0 Å². The Bertz CT molecular complexity index is 399. The van der Waals surface area contributed by atoms with E-state index in [1.165, 1.54) is 6.33 Å². The summed E-state index contributed by atoms with van der Waals surface area (Å²) in [5.74, 6) is 0.406. The van der Waals surface area contributed by atoms with Gasteiger partial charge in [-0.25, -0.2) is 4.98 Å². The molecule has 0 unspecified atom stereocenters. The van der Waals surface area contributed by atoms with Crippen LogP contribution in [0.15, 0.2) is 6.33 Å². The number of H-pyrrole nitrogens is 1. The van der Waals surface area contributed by atoms with Crippen LogP contribution in [0.3, 0.4) is 0 Å². The Hall–Kier alpha value is -1.90. The Kier molecular flexibility index (Phi) is 2.86. The number of hydrogen-bond donors (Lipinski definition) is 2. The zero-order chi connectivity index (χ0) is 11.4. The highest BCUT2D eigenvalue weighted by molar-refractivity contribution is 5.85. The lowest BCUT2D eigenvalue weighted by molar-refractivity contribution is -0.128. The monoisotopic (exact) mass is 219 g/mol. The SMILES string of the molecule is N#CC1(C(=O)NCc2ncn[nH]2)CCCC1. The number of nitrogens with one attached hydrogen (secondary N) is 2. The molecule has 1 aromatic heterocycles. The van der Waals surface area contributed by atoms with Gasteiger partial charge in [-0.2, -0.15) is 10.4 Å². The van der Waals surface area contributed by atoms with Crippen molar-refractivity contribution in [1.29, 1.82) is 5.26 Å². The van der Waals surface area contributed by atoms with Crippen LogP contribution in [0.5, 0.6) is 0 Å². The van der Waals surface area contributed by atoms with Crippen LogP contribution >= 0.6 is 0 Å². The molecule has 84 valence electrons. The Morgan fingerprint density at radius 2 is 2.38 bits per heavy atom. The van der Waals surface area contributed by atoms with E-state index in [0.717, 1.165) is 12.8 Å². The minimum Gasteiger partial charge on any atom is -0.347 e. The average molecular weight is 219 g/mol. The average Bonchev–Trinajstić information content (AvgIpc) is 2.97. The van der Waals surface area contributed by atoms with Gasteiger partial charge in [-0.3, -0.25) is 9.89 Å². The fourth-order valence-corrected chi connectivity index (χ4v) is 2.02. The van der Waals surface area contributed by atoms with Crippen LogP contribution in [0.25, 0.3) is 0 Å². The van der Waals surface area contributed by atoms with Gasteiger partial charge in [0.15, 0.2) is 0 Å². The molecule has 6 heteroatoms. The molecule has 2 rings (SSSR count). The predicted octanol–water partition coefficient (Wildman–Crippen LogP) is 0.505. The minimum absolute atomic E-state index is 0.191. The molecule has 2 N–H and O–H groups in total. The van der Waals surface area contributed by atoms with Crippen molar-refractivity contribution < 1.29 is 4.79 Å². The largest absolute Gasteiger partial charge is 0.347 e. The van der Waals surface area contributed by atoms with E-state index in [1.807, 2.05) is 0 Å². The third-order valence-corrected chi connectivity index (χ3v) is 2.99. The Balaban J connectivity index is 1.95. The number of nitriles is 1. The van der Waals surface area contributed by atoms with Crippen molar-refractivity contribution in [3.8, 4) is 6.07 Å². The third-order valence-electron chi connectivity index (χ3n) is 2.99. The number of aromatic nitrogens is 3. The van der Waals surface area contributed by atoms with Gasteiger partial charge in [0.2, 0.25) is 5.91 Å². The van der Waals surface area contributed by atoms with E-state index in [0.29, 0.717) is 25.2 Å². The molecular weight excluding hydrogens is 206 g/mol. The zero-order valence-corrected chi connectivity index (χ0v) is 8.86. The maximum absolute atomic E-state index is 11.9. The minimum atomic E-state index is -0.819. The van der Waals surface area contributed by atoms with Crippen molar-refractivity contribution in [3.05, 3.63) is 12.2 Å². The second-order valence-electron chi connectivity index (χ2n) is 4.02. The van der Waals surface area contributed by atoms with Crippen LogP contribution in [-0.4, -0.2) is 21.1 Å². The molecule has 0 radical (unpaired) electrons. The molecule has 0 saturated heterocycles. The van der Waals surface area contributed by atoms with Crippen LogP contribution in [0.2, 0.25) is 0 Å². The quantitative estimate of drug-likeness (QED) is 0.774. The van der Waals surface area contributed by atoms with Crippen molar-refractivity contribution in [2.45, 2.75) is 32.2 Å². The second-order valence-corrected chi connectivity index (χ2v) is 4.02. The van der Waals surface area contributed by atoms with E-state index in [4.69, 9.17) is 5.26 Å². The van der Waals surface area contributed by atoms with Gasteiger partial charge in [0, 0.05) is 0 Å². The van der Waals surface area contributed by atoms with Gasteiger partial charge in [0.1, 0.15) is 17.6 Å². The van der Waals surface area contributed by atoms with Gasteiger partial charge >= 0.3 is 0 Å². The Morgan fingerprint density at radius 3 is 2.94 bits per heavy atom. The van der Waals surface area contributed by atoms with Gasteiger partial charge in [-0.1, -0.05) is 12.8 Å². The molecule has 1 amide bonds. The number of carbonyl (C=O) groups excluding carboxylic acids is 1. The van der Waals surface area contributed by atoms with Gasteiger partial charge < -0.3 is 5.32 Å². The van der Waals surface area contributed by atoms with Crippen molar-refractivity contribution in [2.75, 3.05) is 0 Å². The lowest BCUT2D eigenvalue weighted by Gasteiger charge is -2.18. The maximum atomic E-state index is 11.9. The molecular formula is C10H13N5O. The first kappa shape index (κ1) is 10.6. The van der Waals surface area contributed by atoms with E-state index in [2.05, 4.69) is 26.6 Å². The van der Waals surface area contributed by atoms with E-state index in [9.17, 15) is 4.79 Å². The van der Waals surface area contributed by atoms with Crippen molar-refractivity contribution in [3.63, 3.8) is 0 Å². The smallest absolute Gasteiger partial charge is 0.240 e. The summed E-state index contributed by atoms with van der Waals surface area (Å²) in [5, 5.41) is 18.2. The van der Waals surface area contributed by atoms with Crippen molar-refractivity contribution >= 4 is 5.91 Å². The molecule has 0 atom stereocenters. The van der Waals surface area contributed by atoms with E-state index in [1.54, 1.807) is 0 Å². The summed E-state index contributed by atoms with van der Waals surface area (Å²) in [4.78, 5) is 15.8. The summed E-state index contributed by atoms with van der Waals surface area (Å²) >= 11 is 0. The third kappa shape index (κ3) is 1.89. The number of nitrogens with zero attached hydrogens (tertiary/aromatic N) is 3. The molecule has 0 aromatic carbocycles. The van der Waals surface area contributed by atoms with Crippen LogP contribution in [0, 0.1) is 16.7 Å². The van der Waals surface area contributed by atoms with E-state index in [-0.39, 0.29) is 5.91 Å². The summed E-state index contributed by atoms with van der Waals surface area (Å²) in [7, 11) is 0. The zero-order valence-electron chi connectivity index (χ0n) is 8.86. The normalized spacial score (nSPS) is 17.9. The van der Waals surface area contributed by atoms with Gasteiger partial charge in [-0.15, -0.1) is 0 Å². The number of rotatable bonds is 3. The van der Waals surface area contributed by atoms with Gasteiger partial charge in [-0.05, 0) is 12.8 Å². The fraction of sp³-hybridized carbons (Fsp3) is 0.600. The van der Waals surface area contributed by atoms with Crippen LogP contribution in [0.4, 0.5) is 0 Å². The molecule has 0 spiro atoms. The lowest BCUT2D eigenvalue weighted by atomic mass is 9.87. The second kappa shape index (κ2) is 4.31. The number of amides is 1. The molecule has 1 aromatic rings. The number of aromatic amines is 1. The Labute approximate surface area is 93.1 Å². The Morgan fingerprint density at radius 1 is 1.62 bits per heavy atom. The summed E-state index contributed by atoms with van der Waals surface area (Å²) in [6.45, 7) is 0.294. The summed E-state index contributed by atoms with van der Waals surface area (Å²) in [6.07, 6.45) is 4.60.